The summed E-state index contributed by atoms with van der Waals surface area (Å²) in [4.78, 5) is 17.5. The van der Waals surface area contributed by atoms with Gasteiger partial charge in [-0.1, -0.05) is 30.3 Å². The molecule has 1 saturated heterocycles. The molecule has 1 aliphatic carbocycles. The smallest absolute Gasteiger partial charge is 0.237 e. The number of rotatable bonds is 4. The number of carbonyl (C=O) groups excluding carboxylic acids is 1. The van der Waals surface area contributed by atoms with Crippen LogP contribution in [0.1, 0.15) is 48.0 Å². The average molecular weight is 392 g/mol. The van der Waals surface area contributed by atoms with Gasteiger partial charge in [-0.25, -0.2) is 0 Å². The molecule has 0 bridgehead atoms. The minimum Gasteiger partial charge on any atom is -0.486 e. The third kappa shape index (κ3) is 3.48. The van der Waals surface area contributed by atoms with Gasteiger partial charge in [-0.15, -0.1) is 0 Å². The van der Waals surface area contributed by atoms with Crippen molar-refractivity contribution in [1.82, 2.24) is 9.80 Å². The van der Waals surface area contributed by atoms with E-state index >= 15 is 0 Å². The van der Waals surface area contributed by atoms with E-state index in [0.717, 1.165) is 49.3 Å². The zero-order valence-electron chi connectivity index (χ0n) is 17.0. The summed E-state index contributed by atoms with van der Waals surface area (Å²) >= 11 is 0. The van der Waals surface area contributed by atoms with E-state index in [2.05, 4.69) is 53.2 Å². The maximum Gasteiger partial charge on any atom is 0.237 e. The molecular weight excluding hydrogens is 364 g/mol. The Balaban J connectivity index is 1.29. The van der Waals surface area contributed by atoms with Gasteiger partial charge in [0.2, 0.25) is 5.91 Å². The number of amides is 1. The van der Waals surface area contributed by atoms with Crippen LogP contribution >= 0.6 is 0 Å². The number of hydrogen-bond acceptors (Lipinski definition) is 4. The minimum atomic E-state index is 0.127. The molecule has 5 nitrogen and oxygen atoms in total. The van der Waals surface area contributed by atoms with Crippen molar-refractivity contribution in [3.8, 4) is 11.5 Å². The van der Waals surface area contributed by atoms with Crippen LogP contribution in [0.4, 0.5) is 0 Å². The number of ether oxygens (including phenoxy) is 2. The summed E-state index contributed by atoms with van der Waals surface area (Å²) in [6.07, 6.45) is 4.24. The van der Waals surface area contributed by atoms with Crippen LogP contribution < -0.4 is 9.47 Å². The molecule has 5 heteroatoms. The number of aryl methyl sites for hydroxylation is 1. The maximum atomic E-state index is 13.2. The zero-order valence-corrected chi connectivity index (χ0v) is 17.0. The van der Waals surface area contributed by atoms with Crippen molar-refractivity contribution in [1.29, 1.82) is 0 Å². The van der Waals surface area contributed by atoms with Gasteiger partial charge in [-0.05, 0) is 61.6 Å². The molecule has 2 heterocycles. The van der Waals surface area contributed by atoms with Gasteiger partial charge in [0.1, 0.15) is 13.2 Å². The summed E-state index contributed by atoms with van der Waals surface area (Å²) < 4.78 is 11.4. The molecule has 0 saturated carbocycles. The highest BCUT2D eigenvalue weighted by molar-refractivity contribution is 5.79. The summed E-state index contributed by atoms with van der Waals surface area (Å²) in [5.74, 6) is 1.82. The van der Waals surface area contributed by atoms with E-state index in [1.807, 2.05) is 6.07 Å². The van der Waals surface area contributed by atoms with Gasteiger partial charge < -0.3 is 14.4 Å². The number of nitrogens with zero attached hydrogens (tertiary/aromatic N) is 2. The summed E-state index contributed by atoms with van der Waals surface area (Å²) in [5.41, 5.74) is 3.95. The van der Waals surface area contributed by atoms with Crippen LogP contribution in [0.3, 0.4) is 0 Å². The topological polar surface area (TPSA) is 42.0 Å². The van der Waals surface area contributed by atoms with Crippen molar-refractivity contribution in [3.63, 3.8) is 0 Å². The highest BCUT2D eigenvalue weighted by atomic mass is 16.6. The Kier molecular flexibility index (Phi) is 4.92. The van der Waals surface area contributed by atoms with E-state index in [1.54, 1.807) is 0 Å². The van der Waals surface area contributed by atoms with Crippen LogP contribution in [0.5, 0.6) is 11.5 Å². The molecule has 0 spiro atoms. The second-order valence-corrected chi connectivity index (χ2v) is 8.32. The molecule has 2 aliphatic heterocycles. The normalized spacial score (nSPS) is 22.8. The van der Waals surface area contributed by atoms with Crippen molar-refractivity contribution in [2.45, 2.75) is 37.8 Å². The predicted octanol–water partition coefficient (Wildman–Crippen LogP) is 3.74. The minimum absolute atomic E-state index is 0.127. The molecule has 2 aromatic rings. The van der Waals surface area contributed by atoms with Crippen molar-refractivity contribution in [2.75, 3.05) is 33.4 Å². The van der Waals surface area contributed by atoms with Gasteiger partial charge in [-0.2, -0.15) is 0 Å². The monoisotopic (exact) mass is 392 g/mol. The fraction of sp³-hybridized carbons (Fsp3) is 0.458. The summed E-state index contributed by atoms with van der Waals surface area (Å²) in [5, 5.41) is 0. The van der Waals surface area contributed by atoms with E-state index < -0.39 is 0 Å². The van der Waals surface area contributed by atoms with E-state index in [4.69, 9.17) is 9.47 Å². The Bertz CT molecular complexity index is 913. The molecule has 0 N–H and O–H groups in total. The van der Waals surface area contributed by atoms with Crippen LogP contribution in [0.25, 0.3) is 0 Å². The van der Waals surface area contributed by atoms with Crippen molar-refractivity contribution < 1.29 is 14.3 Å². The summed E-state index contributed by atoms with van der Waals surface area (Å²) in [6, 6.07) is 15.2. The van der Waals surface area contributed by atoms with Crippen LogP contribution in [0.2, 0.25) is 0 Å². The molecule has 29 heavy (non-hydrogen) atoms. The fourth-order valence-electron chi connectivity index (χ4n) is 5.09. The Morgan fingerprint density at radius 2 is 1.93 bits per heavy atom. The Labute approximate surface area is 172 Å². The van der Waals surface area contributed by atoms with Gasteiger partial charge in [0.25, 0.3) is 0 Å². The number of likely N-dealkylation sites (N-methyl/N-ethyl adjacent to an activating group) is 1. The molecule has 0 aromatic heterocycles. The van der Waals surface area contributed by atoms with Gasteiger partial charge in [0, 0.05) is 12.6 Å². The van der Waals surface area contributed by atoms with Gasteiger partial charge in [0.15, 0.2) is 11.5 Å². The molecule has 0 radical (unpaired) electrons. The average Bonchev–Trinajstić information content (AvgIpc) is 3.41. The quantitative estimate of drug-likeness (QED) is 0.795. The second kappa shape index (κ2) is 7.71. The molecule has 2 atom stereocenters. The van der Waals surface area contributed by atoms with Gasteiger partial charge in [-0.3, -0.25) is 9.69 Å². The molecule has 2 aromatic carbocycles. The number of likely N-dealkylation sites (tertiary alicyclic amines) is 1. The van der Waals surface area contributed by atoms with Crippen molar-refractivity contribution in [2.24, 2.45) is 0 Å². The standard InChI is InChI=1S/C24H28N2O3/c1-25(21-10-8-17-5-2-3-6-19(17)21)16-24(27)26-12-4-7-20(26)18-9-11-22-23(15-18)29-14-13-28-22/h2-3,5-6,9,11,15,20-21H,4,7-8,10,12-14,16H2,1H3. The molecule has 5 rings (SSSR count). The molecule has 1 amide bonds. The highest BCUT2D eigenvalue weighted by Gasteiger charge is 2.33. The van der Waals surface area contributed by atoms with Gasteiger partial charge in [0.05, 0.1) is 12.6 Å². The Hall–Kier alpha value is -2.53. The van der Waals surface area contributed by atoms with E-state index in [0.29, 0.717) is 25.8 Å². The Morgan fingerprint density at radius 3 is 2.83 bits per heavy atom. The van der Waals surface area contributed by atoms with Crippen LogP contribution in [0, 0.1) is 0 Å². The lowest BCUT2D eigenvalue weighted by Crippen LogP contribution is -2.39. The fourth-order valence-corrected chi connectivity index (χ4v) is 5.09. The largest absolute Gasteiger partial charge is 0.486 e. The number of carbonyl (C=O) groups is 1. The first-order chi connectivity index (χ1) is 14.2. The first-order valence-corrected chi connectivity index (χ1v) is 10.7. The number of hydrogen-bond donors (Lipinski definition) is 0. The number of benzene rings is 2. The van der Waals surface area contributed by atoms with Crippen LogP contribution in [0.15, 0.2) is 42.5 Å². The second-order valence-electron chi connectivity index (χ2n) is 8.32. The third-order valence-corrected chi connectivity index (χ3v) is 6.54. The van der Waals surface area contributed by atoms with Gasteiger partial charge >= 0.3 is 0 Å². The lowest BCUT2D eigenvalue weighted by atomic mass is 10.0. The Morgan fingerprint density at radius 1 is 1.10 bits per heavy atom. The molecule has 1 fully saturated rings. The van der Waals surface area contributed by atoms with Crippen molar-refractivity contribution in [3.05, 3.63) is 59.2 Å². The third-order valence-electron chi connectivity index (χ3n) is 6.54. The zero-order chi connectivity index (χ0) is 19.8. The lowest BCUT2D eigenvalue weighted by molar-refractivity contribution is -0.133. The van der Waals surface area contributed by atoms with Crippen LogP contribution in [-0.2, 0) is 11.2 Å². The van der Waals surface area contributed by atoms with Crippen LogP contribution in [-0.4, -0.2) is 49.1 Å². The lowest BCUT2D eigenvalue weighted by Gasteiger charge is -2.30. The first-order valence-electron chi connectivity index (χ1n) is 10.7. The van der Waals surface area contributed by atoms with E-state index in [1.165, 1.54) is 11.1 Å². The number of fused-ring (bicyclic) bond motifs is 2. The highest BCUT2D eigenvalue weighted by Crippen LogP contribution is 2.39. The summed E-state index contributed by atoms with van der Waals surface area (Å²) in [7, 11) is 2.08. The molecule has 152 valence electrons. The SMILES string of the molecule is CN(CC(=O)N1CCCC1c1ccc2c(c1)OCCO2)C1CCc2ccccc21. The molecule has 2 unspecified atom stereocenters. The molecular formula is C24H28N2O3. The van der Waals surface area contributed by atoms with E-state index in [-0.39, 0.29) is 11.9 Å². The maximum absolute atomic E-state index is 13.2. The predicted molar refractivity (Wildman–Crippen MR) is 111 cm³/mol. The first kappa shape index (κ1) is 18.5. The van der Waals surface area contributed by atoms with E-state index in [9.17, 15) is 4.79 Å². The molecule has 3 aliphatic rings. The van der Waals surface area contributed by atoms with Crippen molar-refractivity contribution >= 4 is 5.91 Å². The summed E-state index contributed by atoms with van der Waals surface area (Å²) in [6.45, 7) is 2.46.